The van der Waals surface area contributed by atoms with Crippen LogP contribution in [0.5, 0.6) is 5.75 Å². The molecule has 16 heavy (non-hydrogen) atoms. The summed E-state index contributed by atoms with van der Waals surface area (Å²) >= 11 is 0. The minimum atomic E-state index is 0.751. The van der Waals surface area contributed by atoms with Gasteiger partial charge in [-0.3, -0.25) is 0 Å². The molecule has 84 valence electrons. The molecule has 0 bridgehead atoms. The normalized spacial score (nSPS) is 17.1. The van der Waals surface area contributed by atoms with Crippen molar-refractivity contribution in [2.75, 3.05) is 7.11 Å². The molecule has 2 nitrogen and oxygen atoms in total. The van der Waals surface area contributed by atoms with E-state index < -0.39 is 0 Å². The number of aromatic amines is 1. The molecule has 0 amide bonds. The highest BCUT2D eigenvalue weighted by Gasteiger charge is 2.20. The number of benzene rings is 1. The smallest absolute Gasteiger partial charge is 0.142 e. The van der Waals surface area contributed by atoms with E-state index >= 15 is 0 Å². The molecule has 1 fully saturated rings. The molecule has 2 aromatic rings. The SMILES string of the molecule is COc1cccc2c(C3CCCC3)c[nH]c12. The molecule has 1 heterocycles. The fourth-order valence-electron chi connectivity index (χ4n) is 2.89. The van der Waals surface area contributed by atoms with Crippen molar-refractivity contribution in [1.29, 1.82) is 0 Å². The molecule has 0 unspecified atom stereocenters. The van der Waals surface area contributed by atoms with Crippen molar-refractivity contribution in [3.63, 3.8) is 0 Å². The Bertz CT molecular complexity index is 494. The molecule has 1 saturated carbocycles. The molecule has 2 heteroatoms. The van der Waals surface area contributed by atoms with Gasteiger partial charge in [0.1, 0.15) is 5.75 Å². The maximum absolute atomic E-state index is 5.37. The average Bonchev–Trinajstić information content (AvgIpc) is 2.96. The van der Waals surface area contributed by atoms with E-state index in [1.54, 1.807) is 7.11 Å². The minimum absolute atomic E-state index is 0.751. The number of aromatic nitrogens is 1. The van der Waals surface area contributed by atoms with E-state index in [1.165, 1.54) is 36.6 Å². The van der Waals surface area contributed by atoms with Gasteiger partial charge in [0.15, 0.2) is 0 Å². The van der Waals surface area contributed by atoms with E-state index in [0.717, 1.165) is 17.2 Å². The van der Waals surface area contributed by atoms with Crippen LogP contribution in [0.2, 0.25) is 0 Å². The number of fused-ring (bicyclic) bond motifs is 1. The molecule has 0 spiro atoms. The number of rotatable bonds is 2. The fourth-order valence-corrected chi connectivity index (χ4v) is 2.89. The quantitative estimate of drug-likeness (QED) is 0.809. The Kier molecular flexibility index (Phi) is 2.35. The van der Waals surface area contributed by atoms with Crippen molar-refractivity contribution in [2.45, 2.75) is 31.6 Å². The molecule has 3 rings (SSSR count). The number of hydrogen-bond donors (Lipinski definition) is 1. The van der Waals surface area contributed by atoms with Gasteiger partial charge in [0.05, 0.1) is 12.6 Å². The monoisotopic (exact) mass is 215 g/mol. The molecule has 1 aromatic heterocycles. The zero-order chi connectivity index (χ0) is 11.0. The molecular weight excluding hydrogens is 198 g/mol. The highest BCUT2D eigenvalue weighted by molar-refractivity contribution is 5.88. The number of nitrogens with one attached hydrogen (secondary N) is 1. The molecule has 0 atom stereocenters. The number of methoxy groups -OCH3 is 1. The van der Waals surface area contributed by atoms with Crippen molar-refractivity contribution in [2.24, 2.45) is 0 Å². The van der Waals surface area contributed by atoms with Crippen LogP contribution in [0.15, 0.2) is 24.4 Å². The van der Waals surface area contributed by atoms with Crippen LogP contribution in [0, 0.1) is 0 Å². The standard InChI is InChI=1S/C14H17NO/c1-16-13-8-4-7-11-12(9-15-14(11)13)10-5-2-3-6-10/h4,7-10,15H,2-3,5-6H2,1H3. The Hall–Kier alpha value is -1.44. The first kappa shape index (κ1) is 9.76. The van der Waals surface area contributed by atoms with Crippen LogP contribution < -0.4 is 4.74 Å². The molecule has 1 aliphatic carbocycles. The Morgan fingerprint density at radius 1 is 1.25 bits per heavy atom. The first-order chi connectivity index (χ1) is 7.90. The second kappa shape index (κ2) is 3.85. The van der Waals surface area contributed by atoms with E-state index in [-0.39, 0.29) is 0 Å². The highest BCUT2D eigenvalue weighted by Crippen LogP contribution is 2.39. The summed E-state index contributed by atoms with van der Waals surface area (Å²) in [5.41, 5.74) is 2.62. The summed E-state index contributed by atoms with van der Waals surface area (Å²) in [6.07, 6.45) is 7.60. The van der Waals surface area contributed by atoms with Gasteiger partial charge >= 0.3 is 0 Å². The van der Waals surface area contributed by atoms with Crippen molar-refractivity contribution in [3.8, 4) is 5.75 Å². The first-order valence-corrected chi connectivity index (χ1v) is 6.04. The third-order valence-electron chi connectivity index (χ3n) is 3.72. The number of ether oxygens (including phenoxy) is 1. The van der Waals surface area contributed by atoms with Crippen molar-refractivity contribution in [1.82, 2.24) is 4.98 Å². The van der Waals surface area contributed by atoms with Gasteiger partial charge in [-0.15, -0.1) is 0 Å². The van der Waals surface area contributed by atoms with Gasteiger partial charge in [-0.25, -0.2) is 0 Å². The van der Waals surface area contributed by atoms with Gasteiger partial charge in [0.2, 0.25) is 0 Å². The highest BCUT2D eigenvalue weighted by atomic mass is 16.5. The fraction of sp³-hybridized carbons (Fsp3) is 0.429. The van der Waals surface area contributed by atoms with E-state index in [9.17, 15) is 0 Å². The summed E-state index contributed by atoms with van der Waals surface area (Å²) in [6.45, 7) is 0. The molecule has 0 radical (unpaired) electrons. The lowest BCUT2D eigenvalue weighted by molar-refractivity contribution is 0.419. The third-order valence-corrected chi connectivity index (χ3v) is 3.72. The number of H-pyrrole nitrogens is 1. The summed E-state index contributed by atoms with van der Waals surface area (Å²) < 4.78 is 5.37. The lowest BCUT2D eigenvalue weighted by Crippen LogP contribution is -1.90. The average molecular weight is 215 g/mol. The van der Waals surface area contributed by atoms with Crippen molar-refractivity contribution in [3.05, 3.63) is 30.0 Å². The van der Waals surface area contributed by atoms with Gasteiger partial charge in [-0.2, -0.15) is 0 Å². The van der Waals surface area contributed by atoms with E-state index in [4.69, 9.17) is 4.74 Å². The van der Waals surface area contributed by atoms with E-state index in [0.29, 0.717) is 0 Å². The van der Waals surface area contributed by atoms with Crippen LogP contribution in [0.3, 0.4) is 0 Å². The van der Waals surface area contributed by atoms with Crippen LogP contribution in [0.1, 0.15) is 37.2 Å². The van der Waals surface area contributed by atoms with Gasteiger partial charge in [-0.05, 0) is 30.4 Å². The summed E-state index contributed by atoms with van der Waals surface area (Å²) in [5, 5.41) is 1.34. The molecule has 0 saturated heterocycles. The van der Waals surface area contributed by atoms with Crippen molar-refractivity contribution < 1.29 is 4.74 Å². The van der Waals surface area contributed by atoms with Crippen LogP contribution >= 0.6 is 0 Å². The Morgan fingerprint density at radius 2 is 2.06 bits per heavy atom. The molecule has 0 aliphatic heterocycles. The second-order valence-corrected chi connectivity index (χ2v) is 4.61. The van der Waals surface area contributed by atoms with E-state index in [1.807, 2.05) is 6.07 Å². The van der Waals surface area contributed by atoms with Gasteiger partial charge in [0, 0.05) is 11.6 Å². The molecule has 1 aromatic carbocycles. The summed E-state index contributed by atoms with van der Waals surface area (Å²) in [5.74, 6) is 1.70. The summed E-state index contributed by atoms with van der Waals surface area (Å²) in [7, 11) is 1.73. The first-order valence-electron chi connectivity index (χ1n) is 6.04. The van der Waals surface area contributed by atoms with Gasteiger partial charge in [0.25, 0.3) is 0 Å². The third kappa shape index (κ3) is 1.41. The number of hydrogen-bond acceptors (Lipinski definition) is 1. The Morgan fingerprint density at radius 3 is 2.81 bits per heavy atom. The van der Waals surface area contributed by atoms with Crippen molar-refractivity contribution >= 4 is 10.9 Å². The lowest BCUT2D eigenvalue weighted by Gasteiger charge is -2.07. The zero-order valence-corrected chi connectivity index (χ0v) is 9.62. The van der Waals surface area contributed by atoms with Crippen LogP contribution in [0.25, 0.3) is 10.9 Å². The van der Waals surface area contributed by atoms with Crippen LogP contribution in [0.4, 0.5) is 0 Å². The van der Waals surface area contributed by atoms with Crippen LogP contribution in [-0.4, -0.2) is 12.1 Å². The largest absolute Gasteiger partial charge is 0.495 e. The predicted molar refractivity (Wildman–Crippen MR) is 66.1 cm³/mol. The summed E-state index contributed by atoms with van der Waals surface area (Å²) in [6, 6.07) is 6.28. The molecule has 1 aliphatic rings. The Balaban J connectivity index is 2.12. The summed E-state index contributed by atoms with van der Waals surface area (Å²) in [4.78, 5) is 3.36. The maximum Gasteiger partial charge on any atom is 0.142 e. The zero-order valence-electron chi connectivity index (χ0n) is 9.62. The number of para-hydroxylation sites is 1. The van der Waals surface area contributed by atoms with Gasteiger partial charge in [-0.1, -0.05) is 25.0 Å². The molecular formula is C14H17NO. The second-order valence-electron chi connectivity index (χ2n) is 4.61. The van der Waals surface area contributed by atoms with Gasteiger partial charge < -0.3 is 9.72 Å². The topological polar surface area (TPSA) is 25.0 Å². The van der Waals surface area contributed by atoms with E-state index in [2.05, 4.69) is 23.3 Å². The van der Waals surface area contributed by atoms with Crippen LogP contribution in [-0.2, 0) is 0 Å². The lowest BCUT2D eigenvalue weighted by atomic mass is 9.97. The predicted octanol–water partition coefficient (Wildman–Crippen LogP) is 3.83. The minimum Gasteiger partial charge on any atom is -0.495 e. The maximum atomic E-state index is 5.37. The molecule has 1 N–H and O–H groups in total. The Labute approximate surface area is 95.6 Å².